The molecule has 1 aromatic rings. The molecule has 0 saturated carbocycles. The Labute approximate surface area is 127 Å². The van der Waals surface area contributed by atoms with Crippen LogP contribution in [0.15, 0.2) is 22.7 Å². The van der Waals surface area contributed by atoms with Gasteiger partial charge in [0.1, 0.15) is 0 Å². The molecular formula is C15H20BrNO3. The van der Waals surface area contributed by atoms with E-state index >= 15 is 0 Å². The number of halogens is 1. The molecule has 1 rings (SSSR count). The second-order valence-corrected chi connectivity index (χ2v) is 5.74. The number of aryl methyl sites for hydroxylation is 1. The Bertz CT molecular complexity index is 510. The smallest absolute Gasteiger partial charge is 0.305 e. The molecule has 0 bridgehead atoms. The fourth-order valence-corrected chi connectivity index (χ4v) is 2.59. The summed E-state index contributed by atoms with van der Waals surface area (Å²) >= 11 is 3.41. The Kier molecular flexibility index (Phi) is 5.74. The third-order valence-electron chi connectivity index (χ3n) is 3.66. The third-order valence-corrected chi connectivity index (χ3v) is 4.71. The monoisotopic (exact) mass is 341 g/mol. The molecule has 4 nitrogen and oxygen atoms in total. The highest BCUT2D eigenvalue weighted by Crippen LogP contribution is 2.24. The zero-order valence-corrected chi connectivity index (χ0v) is 13.6. The van der Waals surface area contributed by atoms with Gasteiger partial charge in [0.25, 0.3) is 5.91 Å². The Morgan fingerprint density at radius 1 is 1.30 bits per heavy atom. The molecule has 0 aromatic heterocycles. The third kappa shape index (κ3) is 3.82. The van der Waals surface area contributed by atoms with Crippen LogP contribution in [0.5, 0.6) is 0 Å². The molecule has 0 saturated heterocycles. The number of carboxylic acid groups (broad SMARTS) is 1. The van der Waals surface area contributed by atoms with E-state index in [1.54, 1.807) is 6.07 Å². The van der Waals surface area contributed by atoms with Gasteiger partial charge in [0, 0.05) is 4.47 Å². The van der Waals surface area contributed by atoms with Crippen molar-refractivity contribution in [3.05, 3.63) is 33.8 Å². The Balaban J connectivity index is 3.02. The fraction of sp³-hybridized carbons (Fsp3) is 0.467. The number of benzene rings is 1. The molecule has 110 valence electrons. The summed E-state index contributed by atoms with van der Waals surface area (Å²) in [4.78, 5) is 23.4. The summed E-state index contributed by atoms with van der Waals surface area (Å²) in [6, 6.07) is 5.44. The topological polar surface area (TPSA) is 66.4 Å². The molecule has 5 heteroatoms. The largest absolute Gasteiger partial charge is 0.481 e. The molecule has 0 unspecified atom stereocenters. The summed E-state index contributed by atoms with van der Waals surface area (Å²) in [5, 5.41) is 11.9. The fourth-order valence-electron chi connectivity index (χ4n) is 2.14. The Morgan fingerprint density at radius 3 is 2.40 bits per heavy atom. The maximum Gasteiger partial charge on any atom is 0.305 e. The van der Waals surface area contributed by atoms with Crippen molar-refractivity contribution in [1.29, 1.82) is 0 Å². The molecule has 0 aliphatic heterocycles. The number of carbonyl (C=O) groups excluding carboxylic acids is 1. The molecule has 0 fully saturated rings. The summed E-state index contributed by atoms with van der Waals surface area (Å²) in [5.41, 5.74) is 0.794. The molecule has 0 spiro atoms. The highest BCUT2D eigenvalue weighted by Gasteiger charge is 2.31. The van der Waals surface area contributed by atoms with E-state index in [9.17, 15) is 9.59 Å². The zero-order valence-electron chi connectivity index (χ0n) is 12.0. The van der Waals surface area contributed by atoms with Crippen LogP contribution in [0.2, 0.25) is 0 Å². The molecule has 1 aromatic carbocycles. The van der Waals surface area contributed by atoms with Gasteiger partial charge in [0.05, 0.1) is 17.5 Å². The predicted octanol–water partition coefficient (Wildman–Crippen LogP) is 3.52. The maximum atomic E-state index is 12.4. The summed E-state index contributed by atoms with van der Waals surface area (Å²) in [6.45, 7) is 5.68. The first kappa shape index (κ1) is 16.7. The van der Waals surface area contributed by atoms with Crippen molar-refractivity contribution >= 4 is 27.8 Å². The normalized spacial score (nSPS) is 11.2. The number of aliphatic carboxylic acids is 1. The molecular weight excluding hydrogens is 322 g/mol. The van der Waals surface area contributed by atoms with Crippen LogP contribution in [-0.4, -0.2) is 22.5 Å². The van der Waals surface area contributed by atoms with Gasteiger partial charge in [-0.05, 0) is 47.3 Å². The highest BCUT2D eigenvalue weighted by atomic mass is 79.9. The van der Waals surface area contributed by atoms with Gasteiger partial charge >= 0.3 is 5.97 Å². The lowest BCUT2D eigenvalue weighted by atomic mass is 9.88. The lowest BCUT2D eigenvalue weighted by Crippen LogP contribution is -2.49. The van der Waals surface area contributed by atoms with Crippen LogP contribution in [0.4, 0.5) is 0 Å². The number of rotatable bonds is 6. The second-order valence-electron chi connectivity index (χ2n) is 4.95. The molecule has 20 heavy (non-hydrogen) atoms. The van der Waals surface area contributed by atoms with E-state index in [2.05, 4.69) is 21.2 Å². The number of carboxylic acids is 1. The average molecular weight is 342 g/mol. The lowest BCUT2D eigenvalue weighted by Gasteiger charge is -2.31. The minimum absolute atomic E-state index is 0.0742. The first-order valence-corrected chi connectivity index (χ1v) is 7.44. The first-order valence-electron chi connectivity index (χ1n) is 6.64. The van der Waals surface area contributed by atoms with Gasteiger partial charge < -0.3 is 10.4 Å². The highest BCUT2D eigenvalue weighted by molar-refractivity contribution is 9.10. The van der Waals surface area contributed by atoms with Crippen molar-refractivity contribution in [1.82, 2.24) is 5.32 Å². The Morgan fingerprint density at radius 2 is 1.90 bits per heavy atom. The van der Waals surface area contributed by atoms with Gasteiger partial charge in [-0.2, -0.15) is 0 Å². The van der Waals surface area contributed by atoms with E-state index < -0.39 is 11.5 Å². The molecule has 0 heterocycles. The van der Waals surface area contributed by atoms with Crippen molar-refractivity contribution in [3.63, 3.8) is 0 Å². The summed E-state index contributed by atoms with van der Waals surface area (Å²) in [6.07, 6.45) is 1.07. The Hall–Kier alpha value is -1.36. The van der Waals surface area contributed by atoms with Crippen LogP contribution in [0.1, 0.15) is 49.0 Å². The van der Waals surface area contributed by atoms with Crippen molar-refractivity contribution in [2.75, 3.05) is 0 Å². The van der Waals surface area contributed by atoms with Crippen LogP contribution in [0, 0.1) is 6.92 Å². The van der Waals surface area contributed by atoms with Gasteiger partial charge in [-0.25, -0.2) is 0 Å². The standard InChI is InChI=1S/C15H20BrNO3/c1-4-15(5-2,9-12(18)19)17-14(20)11-8-6-7-10(3)13(11)16/h6-8H,4-5,9H2,1-3H3,(H,17,20)(H,18,19). The number of amides is 1. The lowest BCUT2D eigenvalue weighted by molar-refractivity contribution is -0.138. The molecule has 0 aliphatic rings. The summed E-state index contributed by atoms with van der Waals surface area (Å²) in [5.74, 6) is -1.15. The van der Waals surface area contributed by atoms with Crippen molar-refractivity contribution in [3.8, 4) is 0 Å². The molecule has 0 atom stereocenters. The van der Waals surface area contributed by atoms with Gasteiger partial charge in [0.15, 0.2) is 0 Å². The van der Waals surface area contributed by atoms with E-state index in [-0.39, 0.29) is 12.3 Å². The van der Waals surface area contributed by atoms with Crippen LogP contribution >= 0.6 is 15.9 Å². The van der Waals surface area contributed by atoms with Crippen LogP contribution in [-0.2, 0) is 4.79 Å². The van der Waals surface area contributed by atoms with E-state index in [0.29, 0.717) is 18.4 Å². The molecule has 0 aliphatic carbocycles. The summed E-state index contributed by atoms with van der Waals surface area (Å²) < 4.78 is 0.744. The van der Waals surface area contributed by atoms with E-state index in [1.807, 2.05) is 32.9 Å². The van der Waals surface area contributed by atoms with Gasteiger partial charge in [-0.1, -0.05) is 26.0 Å². The second kappa shape index (κ2) is 6.88. The van der Waals surface area contributed by atoms with Gasteiger partial charge in [-0.15, -0.1) is 0 Å². The SMILES string of the molecule is CCC(CC)(CC(=O)O)NC(=O)c1cccc(C)c1Br. The minimum Gasteiger partial charge on any atom is -0.481 e. The van der Waals surface area contributed by atoms with Crippen molar-refractivity contribution < 1.29 is 14.7 Å². The molecule has 2 N–H and O–H groups in total. The van der Waals surface area contributed by atoms with E-state index in [1.165, 1.54) is 0 Å². The van der Waals surface area contributed by atoms with E-state index in [0.717, 1.165) is 10.0 Å². The quantitative estimate of drug-likeness (QED) is 0.831. The average Bonchev–Trinajstić information content (AvgIpc) is 2.40. The van der Waals surface area contributed by atoms with Crippen LogP contribution < -0.4 is 5.32 Å². The van der Waals surface area contributed by atoms with Crippen molar-refractivity contribution in [2.24, 2.45) is 0 Å². The number of hydrogen-bond donors (Lipinski definition) is 2. The van der Waals surface area contributed by atoms with Crippen LogP contribution in [0.3, 0.4) is 0 Å². The van der Waals surface area contributed by atoms with Crippen molar-refractivity contribution in [2.45, 2.75) is 45.6 Å². The zero-order chi connectivity index (χ0) is 15.3. The predicted molar refractivity (Wildman–Crippen MR) is 81.9 cm³/mol. The molecule has 0 radical (unpaired) electrons. The minimum atomic E-state index is -0.905. The van der Waals surface area contributed by atoms with Gasteiger partial charge in [0.2, 0.25) is 0 Å². The van der Waals surface area contributed by atoms with Gasteiger partial charge in [-0.3, -0.25) is 9.59 Å². The first-order chi connectivity index (χ1) is 9.35. The van der Waals surface area contributed by atoms with Crippen LogP contribution in [0.25, 0.3) is 0 Å². The summed E-state index contributed by atoms with van der Waals surface area (Å²) in [7, 11) is 0. The molecule has 1 amide bonds. The van der Waals surface area contributed by atoms with E-state index in [4.69, 9.17) is 5.11 Å². The maximum absolute atomic E-state index is 12.4. The number of hydrogen-bond acceptors (Lipinski definition) is 2. The number of carbonyl (C=O) groups is 2. The number of nitrogens with one attached hydrogen (secondary N) is 1.